The van der Waals surface area contributed by atoms with E-state index in [0.717, 1.165) is 42.5 Å². The summed E-state index contributed by atoms with van der Waals surface area (Å²) in [5, 5.41) is 9.52. The second-order valence-corrected chi connectivity index (χ2v) is 7.30. The Kier molecular flexibility index (Phi) is 3.21. The van der Waals surface area contributed by atoms with Crippen LogP contribution in [-0.2, 0) is 18.8 Å². The van der Waals surface area contributed by atoms with E-state index in [4.69, 9.17) is 0 Å². The van der Waals surface area contributed by atoms with E-state index in [2.05, 4.69) is 25.9 Å². The molecule has 0 atom stereocenters. The van der Waals surface area contributed by atoms with Gasteiger partial charge in [0.2, 0.25) is 0 Å². The van der Waals surface area contributed by atoms with Crippen molar-refractivity contribution in [3.05, 3.63) is 45.3 Å². The van der Waals surface area contributed by atoms with E-state index in [-0.39, 0.29) is 11.5 Å². The molecule has 3 N–H and O–H groups in total. The fourth-order valence-electron chi connectivity index (χ4n) is 4.49. The first-order chi connectivity index (χ1) is 12.6. The van der Waals surface area contributed by atoms with Crippen molar-refractivity contribution in [2.75, 3.05) is 5.32 Å². The molecule has 2 aromatic heterocycles. The van der Waals surface area contributed by atoms with Crippen LogP contribution in [0.3, 0.4) is 0 Å². The lowest BCUT2D eigenvalue weighted by molar-refractivity contribution is 0.0920. The van der Waals surface area contributed by atoms with E-state index >= 15 is 0 Å². The van der Waals surface area contributed by atoms with Crippen molar-refractivity contribution in [3.8, 4) is 0 Å². The summed E-state index contributed by atoms with van der Waals surface area (Å²) in [6, 6.07) is 1.75. The van der Waals surface area contributed by atoms with Crippen molar-refractivity contribution >= 4 is 17.4 Å². The molecule has 1 spiro atoms. The van der Waals surface area contributed by atoms with Crippen LogP contribution >= 0.6 is 0 Å². The molecule has 1 aliphatic carbocycles. The van der Waals surface area contributed by atoms with Crippen LogP contribution in [0.15, 0.2) is 17.2 Å². The van der Waals surface area contributed by atoms with Crippen molar-refractivity contribution in [3.63, 3.8) is 0 Å². The lowest BCUT2D eigenvalue weighted by Gasteiger charge is -2.26. The summed E-state index contributed by atoms with van der Waals surface area (Å²) in [6.45, 7) is 3.25. The number of nitrogens with one attached hydrogen (secondary N) is 3. The molecule has 5 rings (SSSR count). The second-order valence-electron chi connectivity index (χ2n) is 7.30. The molecule has 0 unspecified atom stereocenters. The Bertz CT molecular complexity index is 990. The molecular weight excluding hydrogens is 332 g/mol. The van der Waals surface area contributed by atoms with Crippen molar-refractivity contribution in [2.45, 2.75) is 51.4 Å². The minimum atomic E-state index is -0.568. The number of hydrogen-bond donors (Lipinski definition) is 3. The van der Waals surface area contributed by atoms with Gasteiger partial charge in [-0.2, -0.15) is 0 Å². The van der Waals surface area contributed by atoms with Gasteiger partial charge < -0.3 is 16.0 Å². The summed E-state index contributed by atoms with van der Waals surface area (Å²) in [4.78, 5) is 34.4. The first kappa shape index (κ1) is 15.5. The van der Waals surface area contributed by atoms with Crippen LogP contribution in [0.1, 0.15) is 53.0 Å². The summed E-state index contributed by atoms with van der Waals surface area (Å²) >= 11 is 0. The first-order valence-corrected chi connectivity index (χ1v) is 8.99. The molecular formula is C18H20N6O2. The molecule has 134 valence electrons. The predicted octanol–water partition coefficient (Wildman–Crippen LogP) is 1.26. The predicted molar refractivity (Wildman–Crippen MR) is 95.2 cm³/mol. The summed E-state index contributed by atoms with van der Waals surface area (Å²) in [7, 11) is 0. The summed E-state index contributed by atoms with van der Waals surface area (Å²) in [6.07, 6.45) is 5.11. The number of aromatic nitrogens is 3. The topological polar surface area (TPSA) is 101 Å². The van der Waals surface area contributed by atoms with Crippen LogP contribution in [0.4, 0.5) is 11.5 Å². The van der Waals surface area contributed by atoms with Crippen molar-refractivity contribution in [1.29, 1.82) is 0 Å². The lowest BCUT2D eigenvalue weighted by atomic mass is 10.1. The summed E-state index contributed by atoms with van der Waals surface area (Å²) < 4.78 is 1.68. The van der Waals surface area contributed by atoms with Gasteiger partial charge in [0.05, 0.1) is 5.69 Å². The smallest absolute Gasteiger partial charge is 0.276 e. The Labute approximate surface area is 150 Å². The van der Waals surface area contributed by atoms with Crippen LogP contribution in [0.25, 0.3) is 0 Å². The quantitative estimate of drug-likeness (QED) is 0.752. The summed E-state index contributed by atoms with van der Waals surface area (Å²) in [5.41, 5.74) is 2.91. The van der Waals surface area contributed by atoms with E-state index < -0.39 is 5.66 Å². The van der Waals surface area contributed by atoms with Gasteiger partial charge in [-0.25, -0.2) is 9.97 Å². The fraction of sp³-hybridized carbons (Fsp3) is 0.444. The van der Waals surface area contributed by atoms with Gasteiger partial charge in [0.15, 0.2) is 0 Å². The van der Waals surface area contributed by atoms with E-state index in [9.17, 15) is 9.59 Å². The van der Waals surface area contributed by atoms with E-state index in [1.807, 2.05) is 6.92 Å². The van der Waals surface area contributed by atoms with Crippen LogP contribution < -0.4 is 21.5 Å². The van der Waals surface area contributed by atoms with E-state index in [1.54, 1.807) is 10.6 Å². The Morgan fingerprint density at radius 1 is 1.19 bits per heavy atom. The third-order valence-corrected chi connectivity index (χ3v) is 5.69. The highest BCUT2D eigenvalue weighted by Crippen LogP contribution is 2.38. The van der Waals surface area contributed by atoms with Gasteiger partial charge in [-0.1, -0.05) is 0 Å². The van der Waals surface area contributed by atoms with Crippen LogP contribution in [0.2, 0.25) is 0 Å². The molecule has 4 heterocycles. The Hall–Kier alpha value is -2.74. The number of anilines is 2. The molecule has 0 bridgehead atoms. The van der Waals surface area contributed by atoms with Crippen molar-refractivity contribution < 1.29 is 4.79 Å². The minimum absolute atomic E-state index is 0.153. The monoisotopic (exact) mass is 352 g/mol. The molecule has 1 amide bonds. The Morgan fingerprint density at radius 2 is 2.00 bits per heavy atom. The first-order valence-electron chi connectivity index (χ1n) is 8.99. The highest BCUT2D eigenvalue weighted by Gasteiger charge is 2.46. The molecule has 0 radical (unpaired) electrons. The van der Waals surface area contributed by atoms with Gasteiger partial charge in [0.25, 0.3) is 11.5 Å². The molecule has 1 fully saturated rings. The second kappa shape index (κ2) is 5.38. The number of rotatable bonds is 2. The maximum atomic E-state index is 13.3. The molecule has 1 saturated carbocycles. The van der Waals surface area contributed by atoms with Crippen molar-refractivity contribution in [2.24, 2.45) is 0 Å². The zero-order valence-corrected chi connectivity index (χ0v) is 14.6. The number of nitrogens with zero attached hydrogens (tertiary/aromatic N) is 3. The number of pyridine rings is 1. The highest BCUT2D eigenvalue weighted by atomic mass is 16.2. The van der Waals surface area contributed by atoms with E-state index in [0.29, 0.717) is 30.3 Å². The number of fused-ring (bicyclic) bond motifs is 3. The maximum absolute atomic E-state index is 13.3. The Balaban J connectivity index is 1.64. The normalized spacial score (nSPS) is 19.5. The third kappa shape index (κ3) is 2.05. The average molecular weight is 352 g/mol. The number of hydrogen-bond acceptors (Lipinski definition) is 6. The molecule has 0 aromatic carbocycles. The Morgan fingerprint density at radius 3 is 2.81 bits per heavy atom. The SMILES string of the molecule is Cc1cc(Nc2ncnc3c2CNC3)c(=O)n2c1C(=O)NC21CCCC1. The van der Waals surface area contributed by atoms with Crippen molar-refractivity contribution in [1.82, 2.24) is 25.2 Å². The highest BCUT2D eigenvalue weighted by molar-refractivity contribution is 5.97. The van der Waals surface area contributed by atoms with Crippen LogP contribution in [0, 0.1) is 6.92 Å². The lowest BCUT2D eigenvalue weighted by Crippen LogP contribution is -2.45. The van der Waals surface area contributed by atoms with Gasteiger partial charge in [-0.05, 0) is 44.2 Å². The van der Waals surface area contributed by atoms with Gasteiger partial charge in [0, 0.05) is 18.7 Å². The van der Waals surface area contributed by atoms with Crippen LogP contribution in [0.5, 0.6) is 0 Å². The summed E-state index contributed by atoms with van der Waals surface area (Å²) in [5.74, 6) is 0.495. The minimum Gasteiger partial charge on any atom is -0.335 e. The van der Waals surface area contributed by atoms with Gasteiger partial charge in [0.1, 0.15) is 29.2 Å². The van der Waals surface area contributed by atoms with Gasteiger partial charge >= 0.3 is 0 Å². The number of amides is 1. The molecule has 3 aliphatic rings. The standard InChI is InChI=1S/C18H20N6O2/c1-10-6-12(22-15-11-7-19-8-13(11)20-9-21-15)17(26)24-14(10)16(25)23-18(24)4-2-3-5-18/h6,9,19H,2-5,7-8H2,1H3,(H,23,25)(H,20,21,22). The zero-order valence-electron chi connectivity index (χ0n) is 14.6. The van der Waals surface area contributed by atoms with Gasteiger partial charge in [-0.15, -0.1) is 0 Å². The van der Waals surface area contributed by atoms with Gasteiger partial charge in [-0.3, -0.25) is 14.2 Å². The molecule has 8 heteroatoms. The number of carbonyl (C=O) groups excluding carboxylic acids is 1. The van der Waals surface area contributed by atoms with E-state index in [1.165, 1.54) is 6.33 Å². The molecule has 26 heavy (non-hydrogen) atoms. The molecule has 2 aromatic rings. The number of aryl methyl sites for hydroxylation is 1. The number of carbonyl (C=O) groups is 1. The largest absolute Gasteiger partial charge is 0.335 e. The fourth-order valence-corrected chi connectivity index (χ4v) is 4.49. The third-order valence-electron chi connectivity index (χ3n) is 5.69. The molecule has 2 aliphatic heterocycles. The zero-order chi connectivity index (χ0) is 17.9. The maximum Gasteiger partial charge on any atom is 0.276 e. The average Bonchev–Trinajstić information content (AvgIpc) is 3.32. The molecule has 8 nitrogen and oxygen atoms in total. The molecule has 0 saturated heterocycles. The van der Waals surface area contributed by atoms with Crippen LogP contribution in [-0.4, -0.2) is 20.4 Å².